The molecule has 1 atom stereocenters. The minimum atomic E-state index is -0.0877. The Labute approximate surface area is 105 Å². The second-order valence-corrected chi connectivity index (χ2v) is 4.40. The zero-order valence-electron chi connectivity index (χ0n) is 9.77. The topological polar surface area (TPSA) is 77.8 Å². The fourth-order valence-corrected chi connectivity index (χ4v) is 2.15. The number of rotatable bonds is 7. The summed E-state index contributed by atoms with van der Waals surface area (Å²) in [6.07, 6.45) is 2.99. The largest absolute Gasteiger partial charge is 0.354 e. The van der Waals surface area contributed by atoms with E-state index in [9.17, 15) is 4.79 Å². The molecule has 1 heterocycles. The number of nitrogens with zero attached hydrogens (tertiary/aromatic N) is 2. The number of nitriles is 1. The molecule has 2 N–H and O–H groups in total. The molecule has 0 saturated carbocycles. The summed E-state index contributed by atoms with van der Waals surface area (Å²) < 4.78 is 0. The van der Waals surface area contributed by atoms with Crippen LogP contribution in [-0.4, -0.2) is 24.0 Å². The fourth-order valence-electron chi connectivity index (χ4n) is 1.35. The molecule has 6 heteroatoms. The minimum absolute atomic E-state index is 0.0877. The van der Waals surface area contributed by atoms with Crippen LogP contribution < -0.4 is 10.6 Å². The second-order valence-electron chi connectivity index (χ2n) is 3.47. The summed E-state index contributed by atoms with van der Waals surface area (Å²) in [5.41, 5.74) is 0. The van der Waals surface area contributed by atoms with E-state index in [1.54, 1.807) is 17.5 Å². The summed E-state index contributed by atoms with van der Waals surface area (Å²) in [5, 5.41) is 17.1. The minimum Gasteiger partial charge on any atom is -0.354 e. The van der Waals surface area contributed by atoms with Crippen LogP contribution in [0, 0.1) is 11.3 Å². The summed E-state index contributed by atoms with van der Waals surface area (Å²) in [6, 6.07) is 2.10. The maximum absolute atomic E-state index is 11.4. The van der Waals surface area contributed by atoms with Gasteiger partial charge in [0.2, 0.25) is 5.91 Å². The molecule has 92 valence electrons. The first kappa shape index (κ1) is 13.6. The van der Waals surface area contributed by atoms with Gasteiger partial charge in [-0.25, -0.2) is 4.98 Å². The van der Waals surface area contributed by atoms with E-state index in [-0.39, 0.29) is 18.5 Å². The summed E-state index contributed by atoms with van der Waals surface area (Å²) >= 11 is 1.58. The molecule has 0 fully saturated rings. The van der Waals surface area contributed by atoms with Gasteiger partial charge in [0, 0.05) is 18.1 Å². The van der Waals surface area contributed by atoms with Gasteiger partial charge in [-0.3, -0.25) is 10.1 Å². The van der Waals surface area contributed by atoms with Crippen LogP contribution >= 0.6 is 11.3 Å². The van der Waals surface area contributed by atoms with E-state index in [0.29, 0.717) is 13.0 Å². The molecule has 0 aromatic carbocycles. The molecule has 0 radical (unpaired) electrons. The molecule has 1 rings (SSSR count). The lowest BCUT2D eigenvalue weighted by atomic mass is 10.2. The van der Waals surface area contributed by atoms with Crippen molar-refractivity contribution in [2.24, 2.45) is 0 Å². The second kappa shape index (κ2) is 7.76. The van der Waals surface area contributed by atoms with E-state index < -0.39 is 0 Å². The first-order valence-electron chi connectivity index (χ1n) is 5.54. The summed E-state index contributed by atoms with van der Waals surface area (Å²) in [5.74, 6) is -0.0877. The van der Waals surface area contributed by atoms with Gasteiger partial charge >= 0.3 is 0 Å². The Morgan fingerprint density at radius 1 is 1.71 bits per heavy atom. The van der Waals surface area contributed by atoms with Crippen LogP contribution in [0.5, 0.6) is 0 Å². The lowest BCUT2D eigenvalue weighted by molar-refractivity contribution is -0.120. The highest BCUT2D eigenvalue weighted by atomic mass is 32.1. The molecule has 1 amide bonds. The highest BCUT2D eigenvalue weighted by Gasteiger charge is 2.12. The van der Waals surface area contributed by atoms with Gasteiger partial charge < -0.3 is 5.32 Å². The smallest absolute Gasteiger partial charge is 0.234 e. The van der Waals surface area contributed by atoms with Crippen molar-refractivity contribution < 1.29 is 4.79 Å². The van der Waals surface area contributed by atoms with Crippen molar-refractivity contribution in [3.8, 4) is 6.07 Å². The Morgan fingerprint density at radius 2 is 2.53 bits per heavy atom. The van der Waals surface area contributed by atoms with Crippen molar-refractivity contribution >= 4 is 17.2 Å². The summed E-state index contributed by atoms with van der Waals surface area (Å²) in [6.45, 7) is 2.71. The third-order valence-corrected chi connectivity index (χ3v) is 3.11. The van der Waals surface area contributed by atoms with Crippen molar-refractivity contribution in [3.05, 3.63) is 16.6 Å². The number of hydrogen-bond acceptors (Lipinski definition) is 5. The van der Waals surface area contributed by atoms with Crippen LogP contribution in [0.3, 0.4) is 0 Å². The average molecular weight is 252 g/mol. The molecule has 0 aliphatic carbocycles. The van der Waals surface area contributed by atoms with Gasteiger partial charge in [-0.1, -0.05) is 6.92 Å². The standard InChI is InChI=1S/C11H16N4OS/c1-2-9(11-14-6-7-17-11)15-8-10(16)13-5-3-4-12/h6-7,9,15H,2-3,5,8H2,1H3,(H,13,16). The van der Waals surface area contributed by atoms with Gasteiger partial charge in [0.25, 0.3) is 0 Å². The van der Waals surface area contributed by atoms with Crippen LogP contribution in [0.2, 0.25) is 0 Å². The highest BCUT2D eigenvalue weighted by Crippen LogP contribution is 2.18. The molecule has 0 aliphatic heterocycles. The van der Waals surface area contributed by atoms with Crippen LogP contribution in [-0.2, 0) is 4.79 Å². The number of thiazole rings is 1. The molecule has 0 spiro atoms. The maximum atomic E-state index is 11.4. The van der Waals surface area contributed by atoms with Gasteiger partial charge in [0.05, 0.1) is 25.1 Å². The third-order valence-electron chi connectivity index (χ3n) is 2.23. The van der Waals surface area contributed by atoms with Crippen molar-refractivity contribution in [3.63, 3.8) is 0 Å². The summed E-state index contributed by atoms with van der Waals surface area (Å²) in [7, 11) is 0. The van der Waals surface area contributed by atoms with E-state index in [1.165, 1.54) is 0 Å². The molecule has 0 bridgehead atoms. The Morgan fingerprint density at radius 3 is 3.12 bits per heavy atom. The predicted octanol–water partition coefficient (Wildman–Crippen LogP) is 1.21. The lowest BCUT2D eigenvalue weighted by Gasteiger charge is -2.13. The quantitative estimate of drug-likeness (QED) is 0.715. The lowest BCUT2D eigenvalue weighted by Crippen LogP contribution is -2.36. The molecule has 1 aromatic heterocycles. The van der Waals surface area contributed by atoms with Crippen LogP contribution in [0.25, 0.3) is 0 Å². The molecule has 5 nitrogen and oxygen atoms in total. The van der Waals surface area contributed by atoms with E-state index in [2.05, 4.69) is 15.6 Å². The number of carbonyl (C=O) groups excluding carboxylic acids is 1. The number of hydrogen-bond donors (Lipinski definition) is 2. The monoisotopic (exact) mass is 252 g/mol. The van der Waals surface area contributed by atoms with Crippen molar-refractivity contribution in [1.82, 2.24) is 15.6 Å². The van der Waals surface area contributed by atoms with E-state index >= 15 is 0 Å². The molecule has 0 aliphatic rings. The molecular formula is C11H16N4OS. The van der Waals surface area contributed by atoms with E-state index in [4.69, 9.17) is 5.26 Å². The zero-order chi connectivity index (χ0) is 12.5. The number of aromatic nitrogens is 1. The van der Waals surface area contributed by atoms with Crippen molar-refractivity contribution in [2.75, 3.05) is 13.1 Å². The van der Waals surface area contributed by atoms with Gasteiger partial charge in [-0.05, 0) is 6.42 Å². The molecule has 0 saturated heterocycles. The van der Waals surface area contributed by atoms with Crippen molar-refractivity contribution in [1.29, 1.82) is 5.26 Å². The third kappa shape index (κ3) is 4.93. The Bertz CT molecular complexity index is 371. The van der Waals surface area contributed by atoms with Crippen LogP contribution in [0.4, 0.5) is 0 Å². The number of amides is 1. The first-order chi connectivity index (χ1) is 8.27. The van der Waals surface area contributed by atoms with E-state index in [0.717, 1.165) is 11.4 Å². The Hall–Kier alpha value is -1.45. The predicted molar refractivity (Wildman–Crippen MR) is 66.4 cm³/mol. The molecule has 1 aromatic rings. The SMILES string of the molecule is CCC(NCC(=O)NCCC#N)c1nccs1. The normalized spacial score (nSPS) is 11.8. The zero-order valence-corrected chi connectivity index (χ0v) is 10.6. The Balaban J connectivity index is 2.29. The van der Waals surface area contributed by atoms with Gasteiger partial charge in [-0.15, -0.1) is 11.3 Å². The highest BCUT2D eigenvalue weighted by molar-refractivity contribution is 7.09. The van der Waals surface area contributed by atoms with Crippen molar-refractivity contribution in [2.45, 2.75) is 25.8 Å². The van der Waals surface area contributed by atoms with Crippen LogP contribution in [0.1, 0.15) is 30.8 Å². The van der Waals surface area contributed by atoms with Gasteiger partial charge in [0.15, 0.2) is 0 Å². The van der Waals surface area contributed by atoms with Gasteiger partial charge in [-0.2, -0.15) is 5.26 Å². The average Bonchev–Trinajstić information content (AvgIpc) is 2.84. The van der Waals surface area contributed by atoms with Gasteiger partial charge in [0.1, 0.15) is 5.01 Å². The molecule has 1 unspecified atom stereocenters. The van der Waals surface area contributed by atoms with E-state index in [1.807, 2.05) is 18.4 Å². The summed E-state index contributed by atoms with van der Waals surface area (Å²) in [4.78, 5) is 15.6. The maximum Gasteiger partial charge on any atom is 0.234 e. The molecular weight excluding hydrogens is 236 g/mol. The molecule has 17 heavy (non-hydrogen) atoms. The first-order valence-corrected chi connectivity index (χ1v) is 6.42. The van der Waals surface area contributed by atoms with Crippen LogP contribution in [0.15, 0.2) is 11.6 Å². The number of carbonyl (C=O) groups is 1. The Kier molecular flexibility index (Phi) is 6.22. The fraction of sp³-hybridized carbons (Fsp3) is 0.545. The number of nitrogens with one attached hydrogen (secondary N) is 2.